The summed E-state index contributed by atoms with van der Waals surface area (Å²) in [6, 6.07) is -0.292. The number of aryl methyl sites for hydroxylation is 1. The average molecular weight is 245 g/mol. The minimum atomic E-state index is -3.51. The van der Waals surface area contributed by atoms with E-state index in [4.69, 9.17) is 5.11 Å². The molecule has 1 saturated heterocycles. The minimum Gasteiger partial charge on any atom is -0.395 e. The van der Waals surface area contributed by atoms with Gasteiger partial charge in [0.15, 0.2) is 0 Å². The Morgan fingerprint density at radius 2 is 2.44 bits per heavy atom. The molecule has 0 aliphatic carbocycles. The fraction of sp³-hybridized carbons (Fsp3) is 0.667. The summed E-state index contributed by atoms with van der Waals surface area (Å²) in [5, 5.41) is 15.5. The Bertz CT molecular complexity index is 468. The molecule has 1 aromatic rings. The van der Waals surface area contributed by atoms with Crippen molar-refractivity contribution in [2.45, 2.75) is 30.7 Å². The predicted molar refractivity (Wildman–Crippen MR) is 57.3 cm³/mol. The van der Waals surface area contributed by atoms with Crippen molar-refractivity contribution in [2.75, 3.05) is 13.2 Å². The normalized spacial score (nSPS) is 22.8. The second kappa shape index (κ2) is 4.15. The van der Waals surface area contributed by atoms with Crippen molar-refractivity contribution in [3.05, 3.63) is 11.9 Å². The maximum atomic E-state index is 12.2. The summed E-state index contributed by atoms with van der Waals surface area (Å²) >= 11 is 0. The number of sulfonamides is 1. The molecule has 90 valence electrons. The maximum absolute atomic E-state index is 12.2. The molecule has 0 radical (unpaired) electrons. The summed E-state index contributed by atoms with van der Waals surface area (Å²) in [5.74, 6) is 0. The van der Waals surface area contributed by atoms with Crippen LogP contribution in [-0.4, -0.2) is 47.2 Å². The summed E-state index contributed by atoms with van der Waals surface area (Å²) in [4.78, 5) is 0.202. The first-order valence-electron chi connectivity index (χ1n) is 5.20. The fourth-order valence-electron chi connectivity index (χ4n) is 2.03. The molecule has 6 nitrogen and oxygen atoms in total. The van der Waals surface area contributed by atoms with Crippen molar-refractivity contribution in [2.24, 2.45) is 0 Å². The van der Waals surface area contributed by atoms with E-state index in [9.17, 15) is 8.42 Å². The van der Waals surface area contributed by atoms with Gasteiger partial charge in [0.1, 0.15) is 4.90 Å². The van der Waals surface area contributed by atoms with Gasteiger partial charge in [-0.15, -0.1) is 0 Å². The number of hydrogen-bond donors (Lipinski definition) is 2. The van der Waals surface area contributed by atoms with Crippen LogP contribution in [0.15, 0.2) is 11.1 Å². The highest BCUT2D eigenvalue weighted by Crippen LogP contribution is 2.26. The lowest BCUT2D eigenvalue weighted by Crippen LogP contribution is -2.37. The molecule has 2 rings (SSSR count). The van der Waals surface area contributed by atoms with Crippen LogP contribution in [0.1, 0.15) is 18.5 Å². The van der Waals surface area contributed by atoms with Crippen LogP contribution in [0.3, 0.4) is 0 Å². The number of nitrogens with zero attached hydrogens (tertiary/aromatic N) is 2. The van der Waals surface area contributed by atoms with Crippen molar-refractivity contribution in [1.82, 2.24) is 14.5 Å². The Labute approximate surface area is 94.3 Å². The van der Waals surface area contributed by atoms with Gasteiger partial charge < -0.3 is 5.11 Å². The molecule has 1 atom stereocenters. The van der Waals surface area contributed by atoms with E-state index < -0.39 is 10.0 Å². The smallest absolute Gasteiger partial charge is 0.246 e. The third-order valence-electron chi connectivity index (χ3n) is 2.90. The molecule has 0 amide bonds. The fourth-order valence-corrected chi connectivity index (χ4v) is 3.84. The van der Waals surface area contributed by atoms with E-state index in [1.165, 1.54) is 10.5 Å². The van der Waals surface area contributed by atoms with Crippen LogP contribution in [0.25, 0.3) is 0 Å². The van der Waals surface area contributed by atoms with Crippen LogP contribution in [0, 0.1) is 6.92 Å². The monoisotopic (exact) mass is 245 g/mol. The largest absolute Gasteiger partial charge is 0.395 e. The Morgan fingerprint density at radius 1 is 1.69 bits per heavy atom. The van der Waals surface area contributed by atoms with Crippen molar-refractivity contribution >= 4 is 10.0 Å². The molecular formula is C9H15N3O3S. The van der Waals surface area contributed by atoms with Gasteiger partial charge in [-0.05, 0) is 19.8 Å². The first-order valence-corrected chi connectivity index (χ1v) is 6.64. The van der Waals surface area contributed by atoms with Gasteiger partial charge in [0, 0.05) is 12.6 Å². The lowest BCUT2D eigenvalue weighted by atomic mass is 10.2. The Balaban J connectivity index is 2.36. The number of rotatable bonds is 3. The summed E-state index contributed by atoms with van der Waals surface area (Å²) in [5.41, 5.74) is 0.531. The number of hydrogen-bond acceptors (Lipinski definition) is 4. The maximum Gasteiger partial charge on any atom is 0.246 e. The minimum absolute atomic E-state index is 0.129. The van der Waals surface area contributed by atoms with Crippen molar-refractivity contribution in [1.29, 1.82) is 0 Å². The number of aromatic nitrogens is 2. The molecule has 0 unspecified atom stereocenters. The quantitative estimate of drug-likeness (QED) is 0.776. The van der Waals surface area contributed by atoms with Crippen LogP contribution in [0.5, 0.6) is 0 Å². The molecule has 0 spiro atoms. The zero-order valence-electron chi connectivity index (χ0n) is 9.05. The molecule has 7 heteroatoms. The molecule has 2 N–H and O–H groups in total. The molecule has 0 bridgehead atoms. The first kappa shape index (κ1) is 11.6. The molecule has 1 aromatic heterocycles. The highest BCUT2D eigenvalue weighted by molar-refractivity contribution is 7.89. The standard InChI is InChI=1S/C9H15N3O3S/c1-7-9(5-10-11-7)16(14,15)12-4-2-3-8(12)6-13/h5,8,13H,2-4,6H2,1H3,(H,10,11)/t8-/m0/s1. The van der Waals surface area contributed by atoms with Gasteiger partial charge in [0.25, 0.3) is 0 Å². The van der Waals surface area contributed by atoms with E-state index in [1.54, 1.807) is 6.92 Å². The highest BCUT2D eigenvalue weighted by Gasteiger charge is 2.36. The van der Waals surface area contributed by atoms with Crippen LogP contribution < -0.4 is 0 Å². The van der Waals surface area contributed by atoms with Gasteiger partial charge in [-0.1, -0.05) is 0 Å². The van der Waals surface area contributed by atoms with Crippen molar-refractivity contribution < 1.29 is 13.5 Å². The van der Waals surface area contributed by atoms with Crippen LogP contribution in [-0.2, 0) is 10.0 Å². The van der Waals surface area contributed by atoms with Gasteiger partial charge in [-0.2, -0.15) is 9.40 Å². The van der Waals surface area contributed by atoms with E-state index in [2.05, 4.69) is 10.2 Å². The van der Waals surface area contributed by atoms with Gasteiger partial charge in [0.2, 0.25) is 10.0 Å². The molecule has 1 aliphatic heterocycles. The van der Waals surface area contributed by atoms with Crippen molar-refractivity contribution in [3.63, 3.8) is 0 Å². The Hall–Kier alpha value is -0.920. The molecule has 1 fully saturated rings. The summed E-state index contributed by atoms with van der Waals surface area (Å²) in [7, 11) is -3.51. The SMILES string of the molecule is Cc1[nH]ncc1S(=O)(=O)N1CCC[C@H]1CO. The van der Waals surface area contributed by atoms with E-state index >= 15 is 0 Å². The second-order valence-electron chi connectivity index (χ2n) is 3.95. The van der Waals surface area contributed by atoms with E-state index in [1.807, 2.05) is 0 Å². The first-order chi connectivity index (χ1) is 7.57. The van der Waals surface area contributed by atoms with Crippen LogP contribution >= 0.6 is 0 Å². The molecule has 2 heterocycles. The van der Waals surface area contributed by atoms with Gasteiger partial charge >= 0.3 is 0 Å². The van der Waals surface area contributed by atoms with E-state index in [0.717, 1.165) is 6.42 Å². The number of aromatic amines is 1. The molecule has 16 heavy (non-hydrogen) atoms. The molecule has 0 aromatic carbocycles. The third kappa shape index (κ3) is 1.74. The topological polar surface area (TPSA) is 86.3 Å². The third-order valence-corrected chi connectivity index (χ3v) is 4.97. The van der Waals surface area contributed by atoms with E-state index in [-0.39, 0.29) is 17.5 Å². The molecule has 1 aliphatic rings. The Morgan fingerprint density at radius 3 is 3.00 bits per heavy atom. The Kier molecular flexibility index (Phi) is 3.00. The molecule has 0 saturated carbocycles. The van der Waals surface area contributed by atoms with Crippen LogP contribution in [0.4, 0.5) is 0 Å². The number of aliphatic hydroxyl groups excluding tert-OH is 1. The summed E-state index contributed by atoms with van der Waals surface area (Å²) in [6.45, 7) is 2.01. The summed E-state index contributed by atoms with van der Waals surface area (Å²) < 4.78 is 25.8. The lowest BCUT2D eigenvalue weighted by molar-refractivity contribution is 0.213. The predicted octanol–water partition coefficient (Wildman–Crippen LogP) is -0.136. The zero-order valence-corrected chi connectivity index (χ0v) is 9.87. The van der Waals surface area contributed by atoms with Gasteiger partial charge in [-0.25, -0.2) is 8.42 Å². The van der Waals surface area contributed by atoms with Gasteiger partial charge in [-0.3, -0.25) is 5.10 Å². The van der Waals surface area contributed by atoms with Gasteiger partial charge in [0.05, 0.1) is 18.5 Å². The summed E-state index contributed by atoms with van der Waals surface area (Å²) in [6.07, 6.45) is 2.82. The van der Waals surface area contributed by atoms with E-state index in [0.29, 0.717) is 18.7 Å². The average Bonchev–Trinajstić information content (AvgIpc) is 2.85. The zero-order chi connectivity index (χ0) is 11.8. The number of H-pyrrole nitrogens is 1. The molecular weight excluding hydrogens is 230 g/mol. The van der Waals surface area contributed by atoms with Crippen molar-refractivity contribution in [3.8, 4) is 0 Å². The van der Waals surface area contributed by atoms with Crippen LogP contribution in [0.2, 0.25) is 0 Å². The lowest BCUT2D eigenvalue weighted by Gasteiger charge is -2.21. The highest BCUT2D eigenvalue weighted by atomic mass is 32.2. The second-order valence-corrected chi connectivity index (χ2v) is 5.81. The number of aliphatic hydroxyl groups is 1. The number of nitrogens with one attached hydrogen (secondary N) is 1.